The second-order valence-corrected chi connectivity index (χ2v) is 9.12. The van der Waals surface area contributed by atoms with Crippen molar-refractivity contribution in [3.8, 4) is 5.75 Å². The number of alkyl halides is 3. The molecule has 0 N–H and O–H groups in total. The standard InChI is InChI=1S/C29H29F3N2O5/c1-37-27(35)21-10-7-11-23(16-21)38-15-6-5-12-26-24(29(30,31)32)17-22-18-34(14-13-25(22)33-26)28(36)39-19-20-8-3-2-4-9-20/h2-4,7-11,16-17H,5-6,12-15,18-19H2,1H3. The monoisotopic (exact) mass is 542 g/mol. The highest BCUT2D eigenvalue weighted by molar-refractivity contribution is 5.89. The molecular formula is C29H29F3N2O5. The Morgan fingerprint density at radius 1 is 1.03 bits per heavy atom. The van der Waals surface area contributed by atoms with Crippen molar-refractivity contribution < 1.29 is 37.0 Å². The minimum Gasteiger partial charge on any atom is -0.494 e. The van der Waals surface area contributed by atoms with Gasteiger partial charge in [0.1, 0.15) is 12.4 Å². The molecule has 0 bridgehead atoms. The van der Waals surface area contributed by atoms with Gasteiger partial charge >= 0.3 is 18.2 Å². The Hall–Kier alpha value is -4.08. The number of carbonyl (C=O) groups excluding carboxylic acids is 2. The smallest absolute Gasteiger partial charge is 0.418 e. The SMILES string of the molecule is COC(=O)c1cccc(OCCCCc2nc3c(cc2C(F)(F)F)CN(C(=O)OCc2ccccc2)CC3)c1. The van der Waals surface area contributed by atoms with Crippen LogP contribution in [0.5, 0.6) is 5.75 Å². The third-order valence-electron chi connectivity index (χ3n) is 6.35. The van der Waals surface area contributed by atoms with Gasteiger partial charge in [0.25, 0.3) is 0 Å². The maximum absolute atomic E-state index is 13.9. The molecule has 7 nitrogen and oxygen atoms in total. The fraction of sp³-hybridized carbons (Fsp3) is 0.345. The quantitative estimate of drug-likeness (QED) is 0.244. The highest BCUT2D eigenvalue weighted by Crippen LogP contribution is 2.34. The Morgan fingerprint density at radius 2 is 1.82 bits per heavy atom. The Bertz CT molecular complexity index is 1300. The molecular weight excluding hydrogens is 513 g/mol. The Labute approximate surface area is 224 Å². The molecule has 0 unspecified atom stereocenters. The lowest BCUT2D eigenvalue weighted by atomic mass is 9.99. The number of methoxy groups -OCH3 is 1. The zero-order valence-corrected chi connectivity index (χ0v) is 21.5. The molecule has 0 saturated heterocycles. The molecule has 4 rings (SSSR count). The molecule has 3 aromatic rings. The fourth-order valence-electron chi connectivity index (χ4n) is 4.33. The van der Waals surface area contributed by atoms with Gasteiger partial charge in [-0.05, 0) is 54.7 Å². The van der Waals surface area contributed by atoms with E-state index in [1.807, 2.05) is 30.3 Å². The van der Waals surface area contributed by atoms with Crippen LogP contribution in [0.1, 0.15) is 51.3 Å². The lowest BCUT2D eigenvalue weighted by Crippen LogP contribution is -2.37. The predicted octanol–water partition coefficient (Wildman–Crippen LogP) is 5.98. The number of nitrogens with zero attached hydrogens (tertiary/aromatic N) is 2. The van der Waals surface area contributed by atoms with Gasteiger partial charge in [0, 0.05) is 18.7 Å². The van der Waals surface area contributed by atoms with Crippen LogP contribution in [0, 0.1) is 0 Å². The molecule has 1 amide bonds. The van der Waals surface area contributed by atoms with E-state index in [1.54, 1.807) is 24.3 Å². The molecule has 0 saturated carbocycles. The van der Waals surface area contributed by atoms with Gasteiger partial charge in [0.05, 0.1) is 37.1 Å². The first-order valence-electron chi connectivity index (χ1n) is 12.6. The summed E-state index contributed by atoms with van der Waals surface area (Å²) in [4.78, 5) is 29.9. The van der Waals surface area contributed by atoms with Gasteiger partial charge < -0.3 is 19.1 Å². The number of carbonyl (C=O) groups is 2. The maximum Gasteiger partial charge on any atom is 0.418 e. The van der Waals surface area contributed by atoms with Crippen molar-refractivity contribution in [2.24, 2.45) is 0 Å². The highest BCUT2D eigenvalue weighted by Gasteiger charge is 2.36. The van der Waals surface area contributed by atoms with Crippen molar-refractivity contribution in [3.05, 3.63) is 94.3 Å². The number of benzene rings is 2. The van der Waals surface area contributed by atoms with Crippen molar-refractivity contribution in [1.82, 2.24) is 9.88 Å². The van der Waals surface area contributed by atoms with Crippen LogP contribution in [0.3, 0.4) is 0 Å². The first-order chi connectivity index (χ1) is 18.7. The Morgan fingerprint density at radius 3 is 2.56 bits per heavy atom. The molecule has 206 valence electrons. The number of fused-ring (bicyclic) bond motifs is 1. The summed E-state index contributed by atoms with van der Waals surface area (Å²) in [6.07, 6.45) is -3.72. The second-order valence-electron chi connectivity index (χ2n) is 9.12. The van der Waals surface area contributed by atoms with Crippen LogP contribution in [0.2, 0.25) is 0 Å². The van der Waals surface area contributed by atoms with E-state index in [-0.39, 0.29) is 31.9 Å². The van der Waals surface area contributed by atoms with Gasteiger partial charge in [0.15, 0.2) is 0 Å². The number of rotatable bonds is 9. The van der Waals surface area contributed by atoms with Crippen LogP contribution in [0.4, 0.5) is 18.0 Å². The van der Waals surface area contributed by atoms with E-state index in [1.165, 1.54) is 12.0 Å². The lowest BCUT2D eigenvalue weighted by Gasteiger charge is -2.29. The van der Waals surface area contributed by atoms with Crippen molar-refractivity contribution >= 4 is 12.1 Å². The number of esters is 1. The summed E-state index contributed by atoms with van der Waals surface area (Å²) in [5.74, 6) is -0.00144. The number of aromatic nitrogens is 1. The predicted molar refractivity (Wildman–Crippen MR) is 136 cm³/mol. The first kappa shape index (κ1) is 27.9. The van der Waals surface area contributed by atoms with Gasteiger partial charge in [-0.15, -0.1) is 0 Å². The summed E-state index contributed by atoms with van der Waals surface area (Å²) in [6, 6.07) is 16.8. The fourth-order valence-corrected chi connectivity index (χ4v) is 4.33. The van der Waals surface area contributed by atoms with Crippen LogP contribution in [0.25, 0.3) is 0 Å². The third-order valence-corrected chi connectivity index (χ3v) is 6.35. The molecule has 1 aromatic heterocycles. The number of aryl methyl sites for hydroxylation is 1. The molecule has 2 aromatic carbocycles. The van der Waals surface area contributed by atoms with Crippen molar-refractivity contribution in [2.45, 2.75) is 45.0 Å². The molecule has 10 heteroatoms. The summed E-state index contributed by atoms with van der Waals surface area (Å²) in [5, 5.41) is 0. The summed E-state index contributed by atoms with van der Waals surface area (Å²) in [6.45, 7) is 0.695. The van der Waals surface area contributed by atoms with Gasteiger partial charge in [0.2, 0.25) is 0 Å². The topological polar surface area (TPSA) is 78.0 Å². The molecule has 39 heavy (non-hydrogen) atoms. The van der Waals surface area contributed by atoms with Crippen LogP contribution >= 0.6 is 0 Å². The van der Waals surface area contributed by atoms with Gasteiger partial charge in [-0.3, -0.25) is 4.98 Å². The van der Waals surface area contributed by atoms with Crippen molar-refractivity contribution in [2.75, 3.05) is 20.3 Å². The van der Waals surface area contributed by atoms with E-state index in [9.17, 15) is 22.8 Å². The summed E-state index contributed by atoms with van der Waals surface area (Å²) < 4.78 is 57.4. The number of ether oxygens (including phenoxy) is 3. The van der Waals surface area contributed by atoms with E-state index < -0.39 is 23.8 Å². The number of hydrogen-bond donors (Lipinski definition) is 0. The lowest BCUT2D eigenvalue weighted by molar-refractivity contribution is -0.138. The normalized spacial score (nSPS) is 13.0. The third kappa shape index (κ3) is 7.49. The van der Waals surface area contributed by atoms with Crippen LogP contribution in [0.15, 0.2) is 60.7 Å². The molecule has 1 aliphatic heterocycles. The van der Waals surface area contributed by atoms with E-state index in [2.05, 4.69) is 9.72 Å². The number of unbranched alkanes of at least 4 members (excludes halogenated alkanes) is 1. The average Bonchev–Trinajstić information content (AvgIpc) is 2.94. The molecule has 2 heterocycles. The average molecular weight is 543 g/mol. The van der Waals surface area contributed by atoms with Gasteiger partial charge in [-0.25, -0.2) is 9.59 Å². The van der Waals surface area contributed by atoms with Crippen LogP contribution < -0.4 is 4.74 Å². The zero-order chi connectivity index (χ0) is 27.8. The largest absolute Gasteiger partial charge is 0.494 e. The second kappa shape index (κ2) is 12.6. The van der Waals surface area contributed by atoms with E-state index >= 15 is 0 Å². The summed E-state index contributed by atoms with van der Waals surface area (Å²) in [5.41, 5.74) is 1.34. The highest BCUT2D eigenvalue weighted by atomic mass is 19.4. The van der Waals surface area contributed by atoms with Gasteiger partial charge in [-0.1, -0.05) is 36.4 Å². The van der Waals surface area contributed by atoms with Crippen LogP contribution in [-0.4, -0.2) is 42.2 Å². The molecule has 0 aliphatic carbocycles. The number of amides is 1. The molecule has 0 radical (unpaired) electrons. The van der Waals surface area contributed by atoms with Crippen LogP contribution in [-0.2, 0) is 41.6 Å². The minimum absolute atomic E-state index is 0.00552. The Balaban J connectivity index is 1.34. The van der Waals surface area contributed by atoms with Gasteiger partial charge in [-0.2, -0.15) is 13.2 Å². The minimum atomic E-state index is -4.57. The number of hydrogen-bond acceptors (Lipinski definition) is 6. The van der Waals surface area contributed by atoms with E-state index in [0.29, 0.717) is 48.4 Å². The summed E-state index contributed by atoms with van der Waals surface area (Å²) >= 11 is 0. The maximum atomic E-state index is 13.9. The molecule has 1 aliphatic rings. The molecule has 0 spiro atoms. The Kier molecular flexibility index (Phi) is 9.06. The molecule has 0 atom stereocenters. The first-order valence-corrected chi connectivity index (χ1v) is 12.6. The van der Waals surface area contributed by atoms with E-state index in [4.69, 9.17) is 9.47 Å². The van der Waals surface area contributed by atoms with E-state index in [0.717, 1.165) is 11.6 Å². The number of pyridine rings is 1. The zero-order valence-electron chi connectivity index (χ0n) is 21.5. The molecule has 0 fully saturated rings. The van der Waals surface area contributed by atoms with Crippen molar-refractivity contribution in [1.29, 1.82) is 0 Å². The number of halogens is 3. The van der Waals surface area contributed by atoms with Crippen molar-refractivity contribution in [3.63, 3.8) is 0 Å². The summed E-state index contributed by atoms with van der Waals surface area (Å²) in [7, 11) is 1.29.